The number of amides is 1. The van der Waals surface area contributed by atoms with Crippen LogP contribution in [-0.2, 0) is 57.0 Å². The fourth-order valence-electron chi connectivity index (χ4n) is 11.0. The molecule has 0 aromatic rings. The number of allylic oxidation sites excluding steroid dienone is 2. The molecule has 0 radical (unpaired) electrons. The summed E-state index contributed by atoms with van der Waals surface area (Å²) in [5.41, 5.74) is 0.180. The summed E-state index contributed by atoms with van der Waals surface area (Å²) >= 11 is 0. The molecule has 1 spiro atoms. The van der Waals surface area contributed by atoms with E-state index in [0.29, 0.717) is 36.8 Å². The number of aliphatic hydroxyl groups is 1. The van der Waals surface area contributed by atoms with Crippen LogP contribution in [0.5, 0.6) is 0 Å². The van der Waals surface area contributed by atoms with Gasteiger partial charge in [0, 0.05) is 58.7 Å². The van der Waals surface area contributed by atoms with E-state index in [4.69, 9.17) is 47.4 Å². The topological polar surface area (TPSA) is 191 Å². The van der Waals surface area contributed by atoms with Crippen LogP contribution in [0.15, 0.2) is 64.4 Å². The van der Waals surface area contributed by atoms with Crippen molar-refractivity contribution in [3.8, 4) is 0 Å². The van der Waals surface area contributed by atoms with Gasteiger partial charge < -0.3 is 63.0 Å². The Balaban J connectivity index is 1.17. The van der Waals surface area contributed by atoms with E-state index in [-0.39, 0.29) is 66.8 Å². The first-order valence-corrected chi connectivity index (χ1v) is 23.9. The SMILES string of the molecule is CCC(C)C1OC2(C=C[C@H]1C)CC1CC(C/C=C(\C)[C@@H](OC3C[C@@H](OC)[C@H](O[C@H]4C[C@H](OC)[C@@H](NC(C)=O)[C@H](C)O4)[C@@H](C)O3)C(C)/C=C/C=C3\COC4/C(=N/O)C(C)=CC(C(=O)O1)[C@]34O)O2. The van der Waals surface area contributed by atoms with E-state index in [0.717, 1.165) is 12.0 Å². The minimum Gasteiger partial charge on any atom is -0.462 e. The molecule has 1 aliphatic carbocycles. The number of fused-ring (bicyclic) bond motifs is 2. The van der Waals surface area contributed by atoms with Crippen LogP contribution in [0, 0.1) is 23.7 Å². The zero-order chi connectivity index (χ0) is 47.7. The molecule has 7 rings (SSSR count). The minimum absolute atomic E-state index is 0.00120. The molecule has 0 aromatic carbocycles. The normalized spacial score (nSPS) is 46.3. The van der Waals surface area contributed by atoms with Crippen molar-refractivity contribution in [1.29, 1.82) is 0 Å². The molecule has 3 N–H and O–H groups in total. The van der Waals surface area contributed by atoms with E-state index in [1.54, 1.807) is 33.3 Å². The molecule has 2 bridgehead atoms. The predicted octanol–water partition coefficient (Wildman–Crippen LogP) is 5.99. The largest absolute Gasteiger partial charge is 0.462 e. The number of nitrogens with one attached hydrogen (secondary N) is 1. The van der Waals surface area contributed by atoms with Crippen molar-refractivity contribution in [2.24, 2.45) is 28.8 Å². The lowest BCUT2D eigenvalue weighted by Gasteiger charge is -2.48. The number of hydrogen-bond donors (Lipinski definition) is 3. The number of carbonyl (C=O) groups excluding carboxylic acids is 2. The van der Waals surface area contributed by atoms with Gasteiger partial charge in [-0.1, -0.05) is 75.7 Å². The quantitative estimate of drug-likeness (QED) is 0.106. The Hall–Kier alpha value is -3.29. The third-order valence-electron chi connectivity index (χ3n) is 14.9. The molecule has 368 valence electrons. The lowest BCUT2D eigenvalue weighted by atomic mass is 9.71. The van der Waals surface area contributed by atoms with Gasteiger partial charge in [-0.05, 0) is 62.8 Å². The van der Waals surface area contributed by atoms with Gasteiger partial charge in [0.1, 0.15) is 35.5 Å². The van der Waals surface area contributed by atoms with E-state index in [9.17, 15) is 19.9 Å². The van der Waals surface area contributed by atoms with E-state index >= 15 is 0 Å². The summed E-state index contributed by atoms with van der Waals surface area (Å²) in [5, 5.41) is 29.1. The number of hydrogen-bond acceptors (Lipinski definition) is 15. The summed E-state index contributed by atoms with van der Waals surface area (Å²) in [6.07, 6.45) is 10.3. The van der Waals surface area contributed by atoms with Crippen molar-refractivity contribution >= 4 is 17.6 Å². The zero-order valence-corrected chi connectivity index (χ0v) is 40.5. The molecule has 6 aliphatic heterocycles. The highest BCUT2D eigenvalue weighted by Gasteiger charge is 2.60. The second-order valence-electron chi connectivity index (χ2n) is 19.6. The van der Waals surface area contributed by atoms with Crippen LogP contribution < -0.4 is 5.32 Å². The average molecular weight is 927 g/mol. The van der Waals surface area contributed by atoms with Crippen molar-refractivity contribution in [3.05, 3.63) is 59.3 Å². The van der Waals surface area contributed by atoms with Gasteiger partial charge in [0.05, 0.1) is 55.4 Å². The number of esters is 1. The van der Waals surface area contributed by atoms with Gasteiger partial charge in [-0.15, -0.1) is 0 Å². The number of methoxy groups -OCH3 is 2. The minimum atomic E-state index is -1.88. The van der Waals surface area contributed by atoms with Crippen molar-refractivity contribution in [1.82, 2.24) is 5.32 Å². The van der Waals surface area contributed by atoms with Crippen LogP contribution in [0.2, 0.25) is 0 Å². The summed E-state index contributed by atoms with van der Waals surface area (Å²) in [6, 6.07) is -0.319. The Kier molecular flexibility index (Phi) is 16.2. The van der Waals surface area contributed by atoms with Crippen molar-refractivity contribution < 1.29 is 67.3 Å². The van der Waals surface area contributed by atoms with Gasteiger partial charge in [0.15, 0.2) is 18.4 Å². The van der Waals surface area contributed by atoms with Gasteiger partial charge in [-0.25, -0.2) is 0 Å². The third kappa shape index (κ3) is 10.5. The molecular formula is C50H74N2O14. The van der Waals surface area contributed by atoms with E-state index in [1.807, 2.05) is 39.0 Å². The molecule has 16 heteroatoms. The number of ether oxygens (including phenoxy) is 10. The van der Waals surface area contributed by atoms with Gasteiger partial charge >= 0.3 is 5.97 Å². The zero-order valence-electron chi connectivity index (χ0n) is 40.5. The molecule has 16 nitrogen and oxygen atoms in total. The van der Waals surface area contributed by atoms with Crippen LogP contribution in [0.1, 0.15) is 101 Å². The Morgan fingerprint density at radius 3 is 2.38 bits per heavy atom. The van der Waals surface area contributed by atoms with Crippen LogP contribution in [0.25, 0.3) is 0 Å². The third-order valence-corrected chi connectivity index (χ3v) is 14.9. The van der Waals surface area contributed by atoms with E-state index in [2.05, 4.69) is 50.3 Å². The van der Waals surface area contributed by atoms with E-state index < -0.39 is 78.6 Å². The number of oxime groups is 1. The Morgan fingerprint density at radius 2 is 1.68 bits per heavy atom. The summed E-state index contributed by atoms with van der Waals surface area (Å²) in [7, 11) is 3.26. The molecule has 0 saturated carbocycles. The molecule has 19 atom stereocenters. The summed E-state index contributed by atoms with van der Waals surface area (Å²) < 4.78 is 64.5. The maximum atomic E-state index is 14.4. The highest BCUT2D eigenvalue weighted by Crippen LogP contribution is 2.46. The first-order chi connectivity index (χ1) is 31.4. The Morgan fingerprint density at radius 1 is 0.970 bits per heavy atom. The molecule has 7 aliphatic rings. The maximum absolute atomic E-state index is 14.4. The van der Waals surface area contributed by atoms with E-state index in [1.165, 1.54) is 6.92 Å². The second-order valence-corrected chi connectivity index (χ2v) is 19.6. The molecule has 6 heterocycles. The molecule has 66 heavy (non-hydrogen) atoms. The van der Waals surface area contributed by atoms with Crippen LogP contribution in [0.4, 0.5) is 0 Å². The summed E-state index contributed by atoms with van der Waals surface area (Å²) in [5.74, 6) is -2.85. The fourth-order valence-corrected chi connectivity index (χ4v) is 11.0. The van der Waals surface area contributed by atoms with Gasteiger partial charge in [-0.3, -0.25) is 9.59 Å². The number of carbonyl (C=O) groups is 2. The number of rotatable bonds is 9. The molecular weight excluding hydrogens is 853 g/mol. The van der Waals surface area contributed by atoms with Crippen molar-refractivity contribution in [2.45, 2.75) is 192 Å². The highest BCUT2D eigenvalue weighted by atomic mass is 16.7. The van der Waals surface area contributed by atoms with Crippen molar-refractivity contribution in [2.75, 3.05) is 20.8 Å². The molecule has 0 aromatic heterocycles. The second kappa shape index (κ2) is 21.1. The molecule has 1 amide bonds. The first-order valence-electron chi connectivity index (χ1n) is 23.9. The molecule has 4 saturated heterocycles. The van der Waals surface area contributed by atoms with Gasteiger partial charge in [0.25, 0.3) is 0 Å². The van der Waals surface area contributed by atoms with Crippen LogP contribution >= 0.6 is 0 Å². The highest BCUT2D eigenvalue weighted by molar-refractivity contribution is 6.07. The standard InChI is InChI=1S/C50H74N2O14/c1-12-26(2)45-29(5)18-19-49(66-45)24-36-21-35(65-49)17-16-28(4)44(27(3)14-13-15-34-25-59-47-42(52-56)30(6)20-37(48(54)62-36)50(34,47)55)63-41-23-39(58-11)46(32(8)61-41)64-40-22-38(57-10)43(31(7)60-40)51-33(9)53/h13-16,18-20,26-27,29,31-32,35-41,43-47,55-56H,12,17,21-25H2,1-11H3,(H,51,53)/b14-13+,28-16+,34-15+,52-42+/t26?,27?,29-,31+,32-,35?,36?,37?,38+,39-,40+,41?,43+,44+,45?,46-,47?,49?,50-/m1/s1. The molecule has 4 fully saturated rings. The predicted molar refractivity (Wildman–Crippen MR) is 242 cm³/mol. The lowest BCUT2D eigenvalue weighted by Crippen LogP contribution is -2.58. The lowest BCUT2D eigenvalue weighted by molar-refractivity contribution is -0.311. The fraction of sp³-hybridized carbons (Fsp3) is 0.740. The molecule has 9 unspecified atom stereocenters. The number of nitrogens with zero attached hydrogens (tertiary/aromatic N) is 1. The summed E-state index contributed by atoms with van der Waals surface area (Å²) in [4.78, 5) is 26.4. The van der Waals surface area contributed by atoms with Gasteiger partial charge in [0.2, 0.25) is 5.91 Å². The Bertz CT molecular complexity index is 1930. The van der Waals surface area contributed by atoms with Crippen molar-refractivity contribution in [3.63, 3.8) is 0 Å². The Labute approximate surface area is 390 Å². The smallest absolute Gasteiger partial charge is 0.316 e. The van der Waals surface area contributed by atoms with Crippen LogP contribution in [-0.4, -0.2) is 140 Å². The maximum Gasteiger partial charge on any atom is 0.316 e. The monoisotopic (exact) mass is 927 g/mol. The van der Waals surface area contributed by atoms with Gasteiger partial charge in [-0.2, -0.15) is 0 Å². The van der Waals surface area contributed by atoms with Crippen LogP contribution in [0.3, 0.4) is 0 Å². The first kappa shape index (κ1) is 50.6. The average Bonchev–Trinajstić information content (AvgIpc) is 3.61. The summed E-state index contributed by atoms with van der Waals surface area (Å²) in [6.45, 7) is 17.6.